The summed E-state index contributed by atoms with van der Waals surface area (Å²) in [5, 5.41) is 0. The van der Waals surface area contributed by atoms with Crippen LogP contribution < -0.4 is 21.5 Å². The van der Waals surface area contributed by atoms with E-state index in [2.05, 4.69) is 59.8 Å². The molecule has 21 heavy (non-hydrogen) atoms. The van der Waals surface area contributed by atoms with Crippen molar-refractivity contribution in [3.8, 4) is 11.8 Å². The SMILES string of the molecule is CCCCC#CCC[n+]1cccc(C2CCCN2C)c1.[Br-]. The number of aromatic nitrogens is 1. The highest BCUT2D eigenvalue weighted by Gasteiger charge is 2.24. The molecule has 1 aromatic heterocycles. The second kappa shape index (κ2) is 9.97. The Hall–Kier alpha value is -0.850. The van der Waals surface area contributed by atoms with E-state index < -0.39 is 0 Å². The van der Waals surface area contributed by atoms with E-state index in [0.717, 1.165) is 19.4 Å². The smallest absolute Gasteiger partial charge is 0.173 e. The van der Waals surface area contributed by atoms with Gasteiger partial charge in [-0.3, -0.25) is 4.90 Å². The number of likely N-dealkylation sites (tertiary alicyclic amines) is 1. The molecule has 0 spiro atoms. The summed E-state index contributed by atoms with van der Waals surface area (Å²) < 4.78 is 2.29. The first-order valence-electron chi connectivity index (χ1n) is 7.96. The zero-order valence-corrected chi connectivity index (χ0v) is 14.9. The molecular formula is C18H27BrN2. The number of halogens is 1. The Bertz CT molecular complexity index is 476. The number of hydrogen-bond acceptors (Lipinski definition) is 1. The van der Waals surface area contributed by atoms with E-state index in [1.807, 2.05) is 0 Å². The summed E-state index contributed by atoms with van der Waals surface area (Å²) in [5.74, 6) is 6.55. The fraction of sp³-hybridized carbons (Fsp3) is 0.611. The van der Waals surface area contributed by atoms with E-state index in [0.29, 0.717) is 6.04 Å². The molecule has 0 aromatic carbocycles. The zero-order valence-electron chi connectivity index (χ0n) is 13.3. The molecule has 0 amide bonds. The van der Waals surface area contributed by atoms with E-state index in [4.69, 9.17) is 0 Å². The van der Waals surface area contributed by atoms with Gasteiger partial charge in [0.25, 0.3) is 0 Å². The molecule has 2 nitrogen and oxygen atoms in total. The maximum Gasteiger partial charge on any atom is 0.173 e. The number of hydrogen-bond donors (Lipinski definition) is 0. The van der Waals surface area contributed by atoms with Gasteiger partial charge < -0.3 is 17.0 Å². The maximum atomic E-state index is 3.29. The van der Waals surface area contributed by atoms with Gasteiger partial charge in [0.05, 0.1) is 6.42 Å². The van der Waals surface area contributed by atoms with Crippen LogP contribution in [0.4, 0.5) is 0 Å². The Balaban J connectivity index is 0.00000220. The molecule has 1 aliphatic rings. The van der Waals surface area contributed by atoms with Crippen LogP contribution in [0, 0.1) is 11.8 Å². The Morgan fingerprint density at radius 2 is 2.14 bits per heavy atom. The van der Waals surface area contributed by atoms with Crippen molar-refractivity contribution in [1.82, 2.24) is 4.90 Å². The van der Waals surface area contributed by atoms with Crippen LogP contribution in [0.1, 0.15) is 57.1 Å². The number of unbranched alkanes of at least 4 members (excludes halogenated alkanes) is 2. The van der Waals surface area contributed by atoms with Gasteiger partial charge in [0.15, 0.2) is 18.9 Å². The van der Waals surface area contributed by atoms with Crippen LogP contribution in [-0.4, -0.2) is 18.5 Å². The molecule has 2 heterocycles. The number of aryl methyl sites for hydroxylation is 1. The normalized spacial score (nSPS) is 17.9. The molecule has 0 N–H and O–H groups in total. The van der Waals surface area contributed by atoms with Crippen molar-refractivity contribution in [1.29, 1.82) is 0 Å². The van der Waals surface area contributed by atoms with Crippen LogP contribution >= 0.6 is 0 Å². The molecule has 3 heteroatoms. The van der Waals surface area contributed by atoms with Crippen LogP contribution in [0.25, 0.3) is 0 Å². The van der Waals surface area contributed by atoms with Gasteiger partial charge in [-0.25, -0.2) is 4.57 Å². The molecule has 1 atom stereocenters. The topological polar surface area (TPSA) is 7.12 Å². The molecular weight excluding hydrogens is 324 g/mol. The van der Waals surface area contributed by atoms with Gasteiger partial charge in [0, 0.05) is 24.1 Å². The Kier molecular flexibility index (Phi) is 8.64. The van der Waals surface area contributed by atoms with Crippen LogP contribution in [0.5, 0.6) is 0 Å². The monoisotopic (exact) mass is 350 g/mol. The molecule has 116 valence electrons. The number of nitrogens with zero attached hydrogens (tertiary/aromatic N) is 2. The molecule has 2 rings (SSSR count). The lowest BCUT2D eigenvalue weighted by Crippen LogP contribution is -3.00. The Morgan fingerprint density at radius 3 is 2.86 bits per heavy atom. The molecule has 0 aliphatic carbocycles. The lowest BCUT2D eigenvalue weighted by molar-refractivity contribution is -0.696. The summed E-state index contributed by atoms with van der Waals surface area (Å²) in [6.45, 7) is 4.44. The third-order valence-corrected chi connectivity index (χ3v) is 4.06. The lowest BCUT2D eigenvalue weighted by Gasteiger charge is -2.18. The van der Waals surface area contributed by atoms with Crippen molar-refractivity contribution in [2.45, 2.75) is 58.0 Å². The Morgan fingerprint density at radius 1 is 1.33 bits per heavy atom. The zero-order chi connectivity index (χ0) is 14.2. The summed E-state index contributed by atoms with van der Waals surface area (Å²) >= 11 is 0. The molecule has 1 saturated heterocycles. The molecule has 1 aliphatic heterocycles. The van der Waals surface area contributed by atoms with Gasteiger partial charge in [0.2, 0.25) is 0 Å². The van der Waals surface area contributed by atoms with Gasteiger partial charge in [-0.2, -0.15) is 0 Å². The first-order valence-corrected chi connectivity index (χ1v) is 7.96. The molecule has 0 bridgehead atoms. The van der Waals surface area contributed by atoms with E-state index in [1.165, 1.54) is 37.8 Å². The molecule has 1 aromatic rings. The summed E-state index contributed by atoms with van der Waals surface area (Å²) in [5.41, 5.74) is 1.45. The second-order valence-corrected chi connectivity index (χ2v) is 5.72. The predicted octanol–water partition coefficient (Wildman–Crippen LogP) is 0.329. The fourth-order valence-corrected chi connectivity index (χ4v) is 2.84. The van der Waals surface area contributed by atoms with Crippen LogP contribution in [0.2, 0.25) is 0 Å². The van der Waals surface area contributed by atoms with Crippen molar-refractivity contribution < 1.29 is 21.5 Å². The van der Waals surface area contributed by atoms with E-state index in [9.17, 15) is 0 Å². The summed E-state index contributed by atoms with van der Waals surface area (Å²) in [7, 11) is 2.23. The van der Waals surface area contributed by atoms with Gasteiger partial charge in [0.1, 0.15) is 0 Å². The maximum absolute atomic E-state index is 3.29. The quantitative estimate of drug-likeness (QED) is 0.421. The minimum absolute atomic E-state index is 0. The van der Waals surface area contributed by atoms with Crippen molar-refractivity contribution >= 4 is 0 Å². The van der Waals surface area contributed by atoms with Crippen LogP contribution in [-0.2, 0) is 6.54 Å². The summed E-state index contributed by atoms with van der Waals surface area (Å²) in [6, 6.07) is 5.04. The van der Waals surface area contributed by atoms with Crippen molar-refractivity contribution in [2.24, 2.45) is 0 Å². The average Bonchev–Trinajstić information content (AvgIpc) is 2.89. The highest BCUT2D eigenvalue weighted by Crippen LogP contribution is 2.29. The van der Waals surface area contributed by atoms with Gasteiger partial charge in [-0.15, -0.1) is 5.92 Å². The Labute approximate surface area is 140 Å². The number of rotatable bonds is 5. The van der Waals surface area contributed by atoms with E-state index in [1.54, 1.807) is 0 Å². The second-order valence-electron chi connectivity index (χ2n) is 5.72. The molecule has 0 radical (unpaired) electrons. The third kappa shape index (κ3) is 5.80. The van der Waals surface area contributed by atoms with E-state index >= 15 is 0 Å². The standard InChI is InChI=1S/C18H27N2.BrH/c1-3-4-5-6-7-8-14-20-15-9-11-17(16-20)18-12-10-13-19(18)2;/h9,11,15-16,18H,3-5,8,10,12-14H2,1-2H3;1H/q+1;/p-1. The minimum Gasteiger partial charge on any atom is -1.00 e. The van der Waals surface area contributed by atoms with Crippen LogP contribution in [0.15, 0.2) is 24.5 Å². The van der Waals surface area contributed by atoms with Crippen molar-refractivity contribution in [3.05, 3.63) is 30.1 Å². The summed E-state index contributed by atoms with van der Waals surface area (Å²) in [4.78, 5) is 2.46. The molecule has 1 unspecified atom stereocenters. The minimum atomic E-state index is 0. The van der Waals surface area contributed by atoms with Gasteiger partial charge in [-0.05, 0) is 38.9 Å². The van der Waals surface area contributed by atoms with Gasteiger partial charge in [-0.1, -0.05) is 19.3 Å². The summed E-state index contributed by atoms with van der Waals surface area (Å²) in [6.07, 6.45) is 11.5. The van der Waals surface area contributed by atoms with Crippen molar-refractivity contribution in [3.63, 3.8) is 0 Å². The number of pyridine rings is 1. The highest BCUT2D eigenvalue weighted by atomic mass is 79.9. The largest absolute Gasteiger partial charge is 1.00 e. The van der Waals surface area contributed by atoms with E-state index in [-0.39, 0.29) is 17.0 Å². The molecule has 1 fully saturated rings. The van der Waals surface area contributed by atoms with Gasteiger partial charge >= 0.3 is 0 Å². The third-order valence-electron chi connectivity index (χ3n) is 4.06. The predicted molar refractivity (Wildman–Crippen MR) is 83.2 cm³/mol. The van der Waals surface area contributed by atoms with Crippen molar-refractivity contribution in [2.75, 3.05) is 13.6 Å². The highest BCUT2D eigenvalue weighted by molar-refractivity contribution is 5.12. The van der Waals surface area contributed by atoms with Crippen LogP contribution in [0.3, 0.4) is 0 Å². The lowest BCUT2D eigenvalue weighted by atomic mass is 10.1. The average molecular weight is 351 g/mol. The fourth-order valence-electron chi connectivity index (χ4n) is 2.84. The first kappa shape index (κ1) is 18.2. The molecule has 0 saturated carbocycles. The first-order chi connectivity index (χ1) is 9.81.